The first-order chi connectivity index (χ1) is 8.68. The summed E-state index contributed by atoms with van der Waals surface area (Å²) in [5.41, 5.74) is 1.26. The topological polar surface area (TPSA) is 46.1 Å². The zero-order valence-corrected chi connectivity index (χ0v) is 11.5. The average Bonchev–Trinajstić information content (AvgIpc) is 2.39. The van der Waals surface area contributed by atoms with Crippen molar-refractivity contribution in [2.45, 2.75) is 6.54 Å². The van der Waals surface area contributed by atoms with Crippen LogP contribution >= 0.6 is 15.9 Å². The van der Waals surface area contributed by atoms with Crippen LogP contribution in [0.2, 0.25) is 0 Å². The van der Waals surface area contributed by atoms with Crippen LogP contribution in [0, 0.1) is 0 Å². The molecule has 0 bridgehead atoms. The van der Waals surface area contributed by atoms with Gasteiger partial charge in [-0.3, -0.25) is 9.78 Å². The number of pyridine rings is 2. The van der Waals surface area contributed by atoms with Gasteiger partial charge < -0.3 is 4.90 Å². The lowest BCUT2D eigenvalue weighted by atomic mass is 10.3. The molecule has 4 nitrogen and oxygen atoms in total. The highest BCUT2D eigenvalue weighted by atomic mass is 79.9. The van der Waals surface area contributed by atoms with Gasteiger partial charge in [-0.1, -0.05) is 6.07 Å². The van der Waals surface area contributed by atoms with E-state index >= 15 is 0 Å². The molecule has 0 spiro atoms. The van der Waals surface area contributed by atoms with E-state index < -0.39 is 0 Å². The molecule has 2 aromatic rings. The molecule has 0 aliphatic rings. The van der Waals surface area contributed by atoms with Crippen molar-refractivity contribution in [3.63, 3.8) is 0 Å². The second kappa shape index (κ2) is 5.73. The first-order valence-corrected chi connectivity index (χ1v) is 6.23. The van der Waals surface area contributed by atoms with Crippen molar-refractivity contribution in [2.75, 3.05) is 7.05 Å². The summed E-state index contributed by atoms with van der Waals surface area (Å²) in [5, 5.41) is 0. The largest absolute Gasteiger partial charge is 0.334 e. The number of carbonyl (C=O) groups excluding carboxylic acids is 1. The monoisotopic (exact) mass is 305 g/mol. The van der Waals surface area contributed by atoms with Crippen LogP contribution in [0.5, 0.6) is 0 Å². The summed E-state index contributed by atoms with van der Waals surface area (Å²) in [5.74, 6) is -0.131. The minimum atomic E-state index is -0.131. The highest BCUT2D eigenvalue weighted by molar-refractivity contribution is 9.10. The number of amides is 1. The second-order valence-corrected chi connectivity index (χ2v) is 4.67. The third kappa shape index (κ3) is 2.92. The van der Waals surface area contributed by atoms with Crippen molar-refractivity contribution < 1.29 is 4.79 Å². The average molecular weight is 306 g/mol. The van der Waals surface area contributed by atoms with Crippen molar-refractivity contribution >= 4 is 21.8 Å². The molecule has 0 aromatic carbocycles. The van der Waals surface area contributed by atoms with E-state index in [9.17, 15) is 4.79 Å². The summed E-state index contributed by atoms with van der Waals surface area (Å²) in [6.45, 7) is 0.461. The van der Waals surface area contributed by atoms with Crippen LogP contribution in [0.1, 0.15) is 16.2 Å². The van der Waals surface area contributed by atoms with E-state index in [1.807, 2.05) is 18.2 Å². The van der Waals surface area contributed by atoms with Crippen LogP contribution in [-0.2, 0) is 6.54 Å². The molecule has 0 atom stereocenters. The van der Waals surface area contributed by atoms with Gasteiger partial charge in [-0.25, -0.2) is 4.98 Å². The van der Waals surface area contributed by atoms with Crippen LogP contribution in [0.25, 0.3) is 0 Å². The smallest absolute Gasteiger partial charge is 0.273 e. The van der Waals surface area contributed by atoms with Crippen LogP contribution < -0.4 is 0 Å². The van der Waals surface area contributed by atoms with Gasteiger partial charge in [0.1, 0.15) is 5.69 Å². The van der Waals surface area contributed by atoms with E-state index in [1.54, 1.807) is 36.5 Å². The number of nitrogens with zero attached hydrogens (tertiary/aromatic N) is 3. The second-order valence-electron chi connectivity index (χ2n) is 3.82. The number of hydrogen-bond acceptors (Lipinski definition) is 3. The lowest BCUT2D eigenvalue weighted by Crippen LogP contribution is -2.27. The Hall–Kier alpha value is -1.75. The van der Waals surface area contributed by atoms with Crippen LogP contribution in [-0.4, -0.2) is 27.8 Å². The summed E-state index contributed by atoms with van der Waals surface area (Å²) in [6, 6.07) is 9.21. The Bertz CT molecular complexity index is 545. The number of halogens is 1. The quantitative estimate of drug-likeness (QED) is 0.875. The van der Waals surface area contributed by atoms with Crippen molar-refractivity contribution in [1.82, 2.24) is 14.9 Å². The third-order valence-electron chi connectivity index (χ3n) is 2.43. The lowest BCUT2D eigenvalue weighted by molar-refractivity contribution is 0.0776. The fourth-order valence-electron chi connectivity index (χ4n) is 1.53. The zero-order chi connectivity index (χ0) is 13.0. The first kappa shape index (κ1) is 12.7. The van der Waals surface area contributed by atoms with Crippen molar-refractivity contribution in [3.8, 4) is 0 Å². The van der Waals surface area contributed by atoms with Gasteiger partial charge in [0.05, 0.1) is 12.2 Å². The van der Waals surface area contributed by atoms with Crippen LogP contribution in [0.15, 0.2) is 47.2 Å². The molecule has 92 valence electrons. The fraction of sp³-hybridized carbons (Fsp3) is 0.154. The molecule has 0 aliphatic carbocycles. The molecule has 18 heavy (non-hydrogen) atoms. The summed E-state index contributed by atoms with van der Waals surface area (Å²) in [7, 11) is 1.73. The third-order valence-corrected chi connectivity index (χ3v) is 3.07. The summed E-state index contributed by atoms with van der Waals surface area (Å²) in [4.78, 5) is 22.0. The maximum atomic E-state index is 12.2. The van der Waals surface area contributed by atoms with Gasteiger partial charge in [0.2, 0.25) is 0 Å². The Morgan fingerprint density at radius 2 is 2.00 bits per heavy atom. The molecular formula is C13H12BrN3O. The highest BCUT2D eigenvalue weighted by Crippen LogP contribution is 2.15. The van der Waals surface area contributed by atoms with Gasteiger partial charge in [-0.15, -0.1) is 0 Å². The fourth-order valence-corrected chi connectivity index (χ4v) is 1.95. The summed E-state index contributed by atoms with van der Waals surface area (Å²) >= 11 is 3.32. The molecule has 2 aromatic heterocycles. The number of hydrogen-bond donors (Lipinski definition) is 0. The molecule has 2 rings (SSSR count). The molecule has 0 fully saturated rings. The van der Waals surface area contributed by atoms with Crippen LogP contribution in [0.3, 0.4) is 0 Å². The van der Waals surface area contributed by atoms with Gasteiger partial charge >= 0.3 is 0 Å². The minimum absolute atomic E-state index is 0.131. The van der Waals surface area contributed by atoms with E-state index in [4.69, 9.17) is 0 Å². The molecule has 0 aliphatic heterocycles. The predicted octanol–water partition coefficient (Wildman–Crippen LogP) is 2.51. The molecule has 5 heteroatoms. The number of rotatable bonds is 3. The van der Waals surface area contributed by atoms with Crippen LogP contribution in [0.4, 0.5) is 0 Å². The van der Waals surface area contributed by atoms with E-state index in [1.165, 1.54) is 0 Å². The van der Waals surface area contributed by atoms with Gasteiger partial charge in [-0.05, 0) is 40.2 Å². The Labute approximate surface area is 114 Å². The first-order valence-electron chi connectivity index (χ1n) is 5.44. The lowest BCUT2D eigenvalue weighted by Gasteiger charge is -2.16. The molecule has 0 saturated heterocycles. The van der Waals surface area contributed by atoms with Gasteiger partial charge in [0, 0.05) is 23.9 Å². The van der Waals surface area contributed by atoms with E-state index in [2.05, 4.69) is 25.9 Å². The summed E-state index contributed by atoms with van der Waals surface area (Å²) in [6.07, 6.45) is 3.32. The Kier molecular flexibility index (Phi) is 4.04. The van der Waals surface area contributed by atoms with Gasteiger partial charge in [0.25, 0.3) is 5.91 Å². The number of carbonyl (C=O) groups is 1. The molecule has 0 saturated carbocycles. The number of aromatic nitrogens is 2. The van der Waals surface area contributed by atoms with Gasteiger partial charge in [-0.2, -0.15) is 0 Å². The van der Waals surface area contributed by atoms with Crippen molar-refractivity contribution in [2.24, 2.45) is 0 Å². The zero-order valence-electron chi connectivity index (χ0n) is 9.88. The Morgan fingerprint density at radius 3 is 2.67 bits per heavy atom. The maximum Gasteiger partial charge on any atom is 0.273 e. The SMILES string of the molecule is CN(Cc1ccccn1)C(=O)c1ncccc1Br. The van der Waals surface area contributed by atoms with E-state index in [0.29, 0.717) is 16.7 Å². The van der Waals surface area contributed by atoms with Gasteiger partial charge in [0.15, 0.2) is 0 Å². The Morgan fingerprint density at radius 1 is 1.22 bits per heavy atom. The molecule has 0 N–H and O–H groups in total. The Balaban J connectivity index is 2.13. The molecule has 1 amide bonds. The van der Waals surface area contributed by atoms with Crippen molar-refractivity contribution in [1.29, 1.82) is 0 Å². The molecule has 0 radical (unpaired) electrons. The maximum absolute atomic E-state index is 12.2. The molecule has 0 unspecified atom stereocenters. The normalized spacial score (nSPS) is 10.1. The standard InChI is InChI=1S/C13H12BrN3O/c1-17(9-10-5-2-3-7-15-10)13(18)12-11(14)6-4-8-16-12/h2-8H,9H2,1H3. The molecule has 2 heterocycles. The van der Waals surface area contributed by atoms with E-state index in [-0.39, 0.29) is 5.91 Å². The summed E-state index contributed by atoms with van der Waals surface area (Å²) < 4.78 is 0.697. The molecular weight excluding hydrogens is 294 g/mol. The van der Waals surface area contributed by atoms with Crippen molar-refractivity contribution in [3.05, 3.63) is 58.6 Å². The van der Waals surface area contributed by atoms with E-state index in [0.717, 1.165) is 5.69 Å². The predicted molar refractivity (Wildman–Crippen MR) is 72.0 cm³/mol. The minimum Gasteiger partial charge on any atom is -0.334 e. The highest BCUT2D eigenvalue weighted by Gasteiger charge is 2.16.